The van der Waals surface area contributed by atoms with Crippen LogP contribution in [0.4, 0.5) is 26.3 Å². The second-order valence-corrected chi connectivity index (χ2v) is 2.16. The Morgan fingerprint density at radius 3 is 1.85 bits per heavy atom. The molecule has 0 N–H and O–H groups in total. The van der Waals surface area contributed by atoms with Crippen LogP contribution in [0.2, 0.25) is 0 Å². The highest BCUT2D eigenvalue weighted by Gasteiger charge is 2.58. The minimum absolute atomic E-state index is 2.52. The highest BCUT2D eigenvalue weighted by atomic mass is 19.3. The molecule has 78 valence electrons. The van der Waals surface area contributed by atoms with E-state index in [1.165, 1.54) is 0 Å². The van der Waals surface area contributed by atoms with Gasteiger partial charge in [0.2, 0.25) is 6.43 Å². The van der Waals surface area contributed by atoms with Gasteiger partial charge in [0.15, 0.2) is 0 Å². The molecule has 0 unspecified atom stereocenters. The van der Waals surface area contributed by atoms with E-state index in [4.69, 9.17) is 0 Å². The fourth-order valence-electron chi connectivity index (χ4n) is 0.471. The predicted molar refractivity (Wildman–Crippen MR) is 25.5 cm³/mol. The van der Waals surface area contributed by atoms with Crippen molar-refractivity contribution in [2.75, 3.05) is 0 Å². The summed E-state index contributed by atoms with van der Waals surface area (Å²) in [6.07, 6.45) is -6.24. The molecule has 0 aliphatic heterocycles. The van der Waals surface area contributed by atoms with Gasteiger partial charge in [-0.25, -0.2) is 8.78 Å². The molecule has 0 aromatic heterocycles. The third-order valence-electron chi connectivity index (χ3n) is 1.13. The zero-order valence-corrected chi connectivity index (χ0v) is 5.87. The highest BCUT2D eigenvalue weighted by Crippen LogP contribution is 2.38. The molecule has 0 aliphatic rings. The number of hydrogen-bond acceptors (Lipinski definition) is 2. The van der Waals surface area contributed by atoms with Crippen LogP contribution in [0, 0.1) is 0 Å². The first-order valence-corrected chi connectivity index (χ1v) is 2.86. The van der Waals surface area contributed by atoms with Crippen molar-refractivity contribution in [1.29, 1.82) is 0 Å². The molecule has 0 heterocycles. The largest absolute Gasteiger partial charge is 0.544 e. The lowest BCUT2D eigenvalue weighted by molar-refractivity contribution is -0.350. The van der Waals surface area contributed by atoms with Gasteiger partial charge in [0, 0.05) is 0 Å². The number of rotatable bonds is 4. The Hall–Kier alpha value is -0.950. The van der Waals surface area contributed by atoms with Gasteiger partial charge < -0.3 is 9.90 Å². The predicted octanol–water partition coefficient (Wildman–Crippen LogP) is 0.662. The summed E-state index contributed by atoms with van der Waals surface area (Å²) >= 11 is 0. The number of carbonyl (C=O) groups is 1. The molecule has 0 radical (unpaired) electrons. The zero-order valence-electron chi connectivity index (χ0n) is 5.87. The molecule has 0 saturated heterocycles. The molecule has 0 aliphatic carbocycles. The molecular formula is C5H3F6O2-. The van der Waals surface area contributed by atoms with Gasteiger partial charge in [-0.2, -0.15) is 17.6 Å². The van der Waals surface area contributed by atoms with E-state index in [1.807, 2.05) is 0 Å². The Balaban J connectivity index is 4.70. The molecule has 13 heavy (non-hydrogen) atoms. The number of carboxylic acids is 1. The van der Waals surface area contributed by atoms with Crippen LogP contribution < -0.4 is 5.11 Å². The van der Waals surface area contributed by atoms with E-state index in [0.717, 1.165) is 0 Å². The monoisotopic (exact) mass is 209 g/mol. The fourth-order valence-corrected chi connectivity index (χ4v) is 0.471. The first kappa shape index (κ1) is 12.0. The minimum atomic E-state index is -5.58. The van der Waals surface area contributed by atoms with E-state index in [-0.39, 0.29) is 0 Å². The Bertz CT molecular complexity index is 201. The van der Waals surface area contributed by atoms with Gasteiger partial charge >= 0.3 is 11.8 Å². The Morgan fingerprint density at radius 1 is 1.23 bits per heavy atom. The molecule has 0 aromatic carbocycles. The van der Waals surface area contributed by atoms with Crippen LogP contribution in [-0.2, 0) is 4.79 Å². The van der Waals surface area contributed by atoms with Gasteiger partial charge in [-0.15, -0.1) is 0 Å². The molecule has 2 nitrogen and oxygen atoms in total. The molecule has 0 amide bonds. The molecule has 0 aromatic rings. The van der Waals surface area contributed by atoms with Crippen molar-refractivity contribution in [3.8, 4) is 0 Å². The summed E-state index contributed by atoms with van der Waals surface area (Å²) in [6, 6.07) is 0. The maximum Gasteiger partial charge on any atom is 0.349 e. The van der Waals surface area contributed by atoms with Crippen LogP contribution in [-0.4, -0.2) is 24.2 Å². The Kier molecular flexibility index (Phi) is 3.18. The minimum Gasteiger partial charge on any atom is -0.544 e. The number of aliphatic carboxylic acids is 1. The standard InChI is InChI=1S/C5H4F6O2/c6-2(7)1-4(8,9)5(10,11)3(12)13/h2H,1H2,(H,12,13)/p-1. The van der Waals surface area contributed by atoms with E-state index in [2.05, 4.69) is 0 Å². The topological polar surface area (TPSA) is 40.1 Å². The average Bonchev–Trinajstić information content (AvgIpc) is 1.83. The lowest BCUT2D eigenvalue weighted by Crippen LogP contribution is -2.54. The summed E-state index contributed by atoms with van der Waals surface area (Å²) in [4.78, 5) is 9.46. The van der Waals surface area contributed by atoms with Gasteiger partial charge in [0.1, 0.15) is 5.97 Å². The molecule has 0 bridgehead atoms. The van der Waals surface area contributed by atoms with Crippen molar-refractivity contribution in [3.05, 3.63) is 0 Å². The van der Waals surface area contributed by atoms with E-state index >= 15 is 0 Å². The summed E-state index contributed by atoms with van der Waals surface area (Å²) in [5.74, 6) is -14.3. The lowest BCUT2D eigenvalue weighted by atomic mass is 10.1. The van der Waals surface area contributed by atoms with Crippen LogP contribution in [0.1, 0.15) is 6.42 Å². The van der Waals surface area contributed by atoms with Crippen molar-refractivity contribution >= 4 is 5.97 Å². The van der Waals surface area contributed by atoms with Gasteiger partial charge in [-0.1, -0.05) is 0 Å². The summed E-state index contributed by atoms with van der Waals surface area (Å²) < 4.78 is 70.6. The molecule has 0 saturated carbocycles. The van der Waals surface area contributed by atoms with Crippen molar-refractivity contribution in [3.63, 3.8) is 0 Å². The smallest absolute Gasteiger partial charge is 0.349 e. The number of carboxylic acid groups (broad SMARTS) is 1. The quantitative estimate of drug-likeness (QED) is 0.638. The lowest BCUT2D eigenvalue weighted by Gasteiger charge is -2.26. The first-order valence-electron chi connectivity index (χ1n) is 2.86. The maximum absolute atomic E-state index is 12.1. The second-order valence-electron chi connectivity index (χ2n) is 2.16. The third-order valence-corrected chi connectivity index (χ3v) is 1.13. The molecule has 8 heteroatoms. The molecule has 0 atom stereocenters. The van der Waals surface area contributed by atoms with Crippen molar-refractivity contribution < 1.29 is 36.2 Å². The zero-order chi connectivity index (χ0) is 10.9. The van der Waals surface area contributed by atoms with Crippen LogP contribution in [0.3, 0.4) is 0 Å². The SMILES string of the molecule is O=C([O-])C(F)(F)C(F)(F)CC(F)F. The van der Waals surface area contributed by atoms with Crippen molar-refractivity contribution in [2.45, 2.75) is 24.7 Å². The Labute approximate surface area is 68.1 Å². The number of carbonyl (C=O) groups excluding carboxylic acids is 1. The highest BCUT2D eigenvalue weighted by molar-refractivity contribution is 5.74. The summed E-state index contributed by atoms with van der Waals surface area (Å²) in [6.45, 7) is 0. The van der Waals surface area contributed by atoms with Crippen LogP contribution >= 0.6 is 0 Å². The number of hydrogen-bond donors (Lipinski definition) is 0. The summed E-state index contributed by atoms with van der Waals surface area (Å²) in [7, 11) is 0. The van der Waals surface area contributed by atoms with Gasteiger partial charge in [-0.05, 0) is 0 Å². The van der Waals surface area contributed by atoms with Crippen LogP contribution in [0.15, 0.2) is 0 Å². The van der Waals surface area contributed by atoms with E-state index < -0.39 is 30.7 Å². The van der Waals surface area contributed by atoms with Crippen molar-refractivity contribution in [1.82, 2.24) is 0 Å². The van der Waals surface area contributed by atoms with Crippen LogP contribution in [0.5, 0.6) is 0 Å². The third kappa shape index (κ3) is 2.49. The van der Waals surface area contributed by atoms with E-state index in [9.17, 15) is 36.2 Å². The number of halogens is 6. The van der Waals surface area contributed by atoms with Gasteiger partial charge in [-0.3, -0.25) is 0 Å². The molecular weight excluding hydrogens is 206 g/mol. The molecule has 0 rings (SSSR count). The van der Waals surface area contributed by atoms with Crippen molar-refractivity contribution in [2.24, 2.45) is 0 Å². The van der Waals surface area contributed by atoms with Gasteiger partial charge in [0.05, 0.1) is 6.42 Å². The summed E-state index contributed by atoms with van der Waals surface area (Å²) in [5, 5.41) is 9.46. The van der Waals surface area contributed by atoms with Gasteiger partial charge in [0.25, 0.3) is 0 Å². The van der Waals surface area contributed by atoms with E-state index in [0.29, 0.717) is 0 Å². The fraction of sp³-hybridized carbons (Fsp3) is 0.800. The summed E-state index contributed by atoms with van der Waals surface area (Å²) in [5.41, 5.74) is 0. The second kappa shape index (κ2) is 3.43. The Morgan fingerprint density at radius 2 is 1.62 bits per heavy atom. The normalized spacial score (nSPS) is 13.5. The number of alkyl halides is 6. The maximum atomic E-state index is 12.1. The first-order chi connectivity index (χ1) is 5.61. The average molecular weight is 209 g/mol. The van der Waals surface area contributed by atoms with E-state index in [1.54, 1.807) is 0 Å². The van der Waals surface area contributed by atoms with Crippen LogP contribution in [0.25, 0.3) is 0 Å². The molecule has 0 fully saturated rings. The molecule has 0 spiro atoms.